The van der Waals surface area contributed by atoms with Crippen molar-refractivity contribution in [2.24, 2.45) is 0 Å². The Morgan fingerprint density at radius 1 is 1.18 bits per heavy atom. The van der Waals surface area contributed by atoms with E-state index >= 15 is 0 Å². The van der Waals surface area contributed by atoms with Crippen LogP contribution in [0.1, 0.15) is 11.1 Å². The molecule has 11 heavy (non-hydrogen) atoms. The third-order valence-corrected chi connectivity index (χ3v) is 1.47. The molecule has 0 saturated carbocycles. The summed E-state index contributed by atoms with van der Waals surface area (Å²) in [5.74, 6) is 0. The average Bonchev–Trinajstić information content (AvgIpc) is 2.06. The van der Waals surface area contributed by atoms with Gasteiger partial charge in [-0.05, 0) is 17.2 Å². The Morgan fingerprint density at radius 3 is 2.36 bits per heavy atom. The molecule has 0 bridgehead atoms. The van der Waals surface area contributed by atoms with E-state index in [0.29, 0.717) is 0 Å². The molecule has 0 fully saturated rings. The Kier molecular flexibility index (Phi) is 2.50. The monoisotopic (exact) mass is 146 g/mol. The molecule has 0 radical (unpaired) electrons. The molecule has 0 saturated heterocycles. The van der Waals surface area contributed by atoms with E-state index in [1.54, 1.807) is 12.2 Å². The molecule has 0 aliphatic rings. The maximum atomic E-state index is 8.52. The van der Waals surface area contributed by atoms with Crippen LogP contribution in [0, 0.1) is 0 Å². The van der Waals surface area contributed by atoms with Gasteiger partial charge in [-0.1, -0.05) is 36.9 Å². The van der Waals surface area contributed by atoms with Crippen molar-refractivity contribution in [3.63, 3.8) is 0 Å². The van der Waals surface area contributed by atoms with Crippen molar-refractivity contribution in [2.75, 3.05) is 0 Å². The van der Waals surface area contributed by atoms with Gasteiger partial charge in [0.05, 0.1) is 6.26 Å². The predicted octanol–water partition coefficient (Wildman–Crippen LogP) is 2.86. The highest BCUT2D eigenvalue weighted by atomic mass is 16.2. The van der Waals surface area contributed by atoms with Crippen molar-refractivity contribution in [1.29, 1.82) is 0 Å². The van der Waals surface area contributed by atoms with Crippen molar-refractivity contribution in [3.8, 4) is 0 Å². The fourth-order valence-corrected chi connectivity index (χ4v) is 0.929. The lowest BCUT2D eigenvalue weighted by Crippen LogP contribution is -1.77. The van der Waals surface area contributed by atoms with E-state index in [9.17, 15) is 0 Å². The fourth-order valence-electron chi connectivity index (χ4n) is 0.929. The quantitative estimate of drug-likeness (QED) is 0.636. The zero-order valence-electron chi connectivity index (χ0n) is 6.20. The van der Waals surface area contributed by atoms with E-state index in [1.807, 2.05) is 24.3 Å². The Hall–Kier alpha value is -1.50. The van der Waals surface area contributed by atoms with Crippen LogP contribution < -0.4 is 0 Å². The first-order valence-corrected chi connectivity index (χ1v) is 3.40. The Bertz CT molecular complexity index is 274. The van der Waals surface area contributed by atoms with Crippen LogP contribution in [0.25, 0.3) is 12.2 Å². The molecule has 0 atom stereocenters. The first kappa shape index (κ1) is 7.61. The van der Waals surface area contributed by atoms with Crippen LogP contribution in [0.4, 0.5) is 0 Å². The smallest absolute Gasteiger partial charge is 0.0797 e. The largest absolute Gasteiger partial charge is 0.516 e. The molecule has 1 aromatic rings. The summed E-state index contributed by atoms with van der Waals surface area (Å²) in [6.45, 7) is 3.66. The van der Waals surface area contributed by atoms with Crippen LogP contribution in [-0.4, -0.2) is 5.11 Å². The van der Waals surface area contributed by atoms with E-state index in [4.69, 9.17) is 5.11 Å². The Morgan fingerprint density at radius 2 is 1.82 bits per heavy atom. The summed E-state index contributed by atoms with van der Waals surface area (Å²) in [4.78, 5) is 0. The van der Waals surface area contributed by atoms with Crippen molar-refractivity contribution in [1.82, 2.24) is 0 Å². The average molecular weight is 146 g/mol. The van der Waals surface area contributed by atoms with E-state index in [2.05, 4.69) is 6.58 Å². The second-order valence-corrected chi connectivity index (χ2v) is 2.15. The van der Waals surface area contributed by atoms with E-state index in [0.717, 1.165) is 17.4 Å². The lowest BCUT2D eigenvalue weighted by molar-refractivity contribution is 0.478. The van der Waals surface area contributed by atoms with Gasteiger partial charge in [0.2, 0.25) is 0 Å². The lowest BCUT2D eigenvalue weighted by atomic mass is 10.1. The highest BCUT2D eigenvalue weighted by Gasteiger charge is 1.90. The molecule has 56 valence electrons. The second-order valence-electron chi connectivity index (χ2n) is 2.15. The van der Waals surface area contributed by atoms with Gasteiger partial charge in [0.15, 0.2) is 0 Å². The molecule has 0 aromatic heterocycles. The normalized spacial score (nSPS) is 10.2. The summed E-state index contributed by atoms with van der Waals surface area (Å²) in [7, 11) is 0. The van der Waals surface area contributed by atoms with Crippen molar-refractivity contribution < 1.29 is 5.11 Å². The summed E-state index contributed by atoms with van der Waals surface area (Å²) in [5, 5.41) is 8.52. The van der Waals surface area contributed by atoms with Crippen molar-refractivity contribution in [2.45, 2.75) is 0 Å². The van der Waals surface area contributed by atoms with Gasteiger partial charge in [-0.2, -0.15) is 0 Å². The molecular weight excluding hydrogens is 136 g/mol. The minimum Gasteiger partial charge on any atom is -0.516 e. The maximum absolute atomic E-state index is 8.52. The van der Waals surface area contributed by atoms with Crippen LogP contribution in [-0.2, 0) is 0 Å². The summed E-state index contributed by atoms with van der Waals surface area (Å²) >= 11 is 0. The lowest BCUT2D eigenvalue weighted by Gasteiger charge is -1.97. The van der Waals surface area contributed by atoms with Gasteiger partial charge in [-0.3, -0.25) is 0 Å². The molecule has 0 aliphatic heterocycles. The van der Waals surface area contributed by atoms with Crippen LogP contribution in [0.3, 0.4) is 0 Å². The van der Waals surface area contributed by atoms with Gasteiger partial charge in [0.25, 0.3) is 0 Å². The third-order valence-electron chi connectivity index (χ3n) is 1.47. The Balaban J connectivity index is 3.11. The van der Waals surface area contributed by atoms with Gasteiger partial charge in [-0.25, -0.2) is 0 Å². The van der Waals surface area contributed by atoms with E-state index in [-0.39, 0.29) is 0 Å². The van der Waals surface area contributed by atoms with E-state index in [1.165, 1.54) is 0 Å². The van der Waals surface area contributed by atoms with Crippen LogP contribution in [0.2, 0.25) is 0 Å². The van der Waals surface area contributed by atoms with Crippen molar-refractivity contribution in [3.05, 3.63) is 48.2 Å². The van der Waals surface area contributed by atoms with Gasteiger partial charge in [0, 0.05) is 0 Å². The number of hydrogen-bond acceptors (Lipinski definition) is 1. The molecule has 0 unspecified atom stereocenters. The fraction of sp³-hybridized carbons (Fsp3) is 0. The third kappa shape index (κ3) is 1.71. The molecule has 1 heteroatoms. The highest BCUT2D eigenvalue weighted by molar-refractivity contribution is 5.63. The standard InChI is InChI=1S/C10H10O/c1-2-9-5-3-4-6-10(9)7-8-11/h2-8,11H,1H2/b8-7-. The van der Waals surface area contributed by atoms with Gasteiger partial charge in [0.1, 0.15) is 0 Å². The molecular formula is C10H10O. The molecule has 1 rings (SSSR count). The second kappa shape index (κ2) is 3.62. The first-order valence-electron chi connectivity index (χ1n) is 3.40. The van der Waals surface area contributed by atoms with Gasteiger partial charge in [-0.15, -0.1) is 0 Å². The molecule has 1 aromatic carbocycles. The molecule has 1 nitrogen and oxygen atoms in total. The topological polar surface area (TPSA) is 20.2 Å². The SMILES string of the molecule is C=Cc1ccccc1/C=C\O. The summed E-state index contributed by atoms with van der Waals surface area (Å²) in [6.07, 6.45) is 4.43. The molecule has 0 aliphatic carbocycles. The predicted molar refractivity (Wildman–Crippen MR) is 48.2 cm³/mol. The highest BCUT2D eigenvalue weighted by Crippen LogP contribution is 2.10. The van der Waals surface area contributed by atoms with Crippen LogP contribution in [0.15, 0.2) is 37.1 Å². The number of rotatable bonds is 2. The van der Waals surface area contributed by atoms with Gasteiger partial charge < -0.3 is 5.11 Å². The number of aliphatic hydroxyl groups is 1. The van der Waals surface area contributed by atoms with Crippen LogP contribution in [0.5, 0.6) is 0 Å². The zero-order valence-corrected chi connectivity index (χ0v) is 6.20. The molecule has 0 heterocycles. The first-order chi connectivity index (χ1) is 5.38. The number of hydrogen-bond donors (Lipinski definition) is 1. The Labute approximate surface area is 66.3 Å². The molecule has 1 N–H and O–H groups in total. The van der Waals surface area contributed by atoms with Crippen LogP contribution >= 0.6 is 0 Å². The number of benzene rings is 1. The number of aliphatic hydroxyl groups excluding tert-OH is 1. The molecule has 0 amide bonds. The molecule has 0 spiro atoms. The van der Waals surface area contributed by atoms with E-state index < -0.39 is 0 Å². The summed E-state index contributed by atoms with van der Waals surface area (Å²) < 4.78 is 0. The zero-order chi connectivity index (χ0) is 8.10. The van der Waals surface area contributed by atoms with Crippen molar-refractivity contribution >= 4 is 12.2 Å². The summed E-state index contributed by atoms with van der Waals surface area (Å²) in [6, 6.07) is 7.72. The summed E-state index contributed by atoms with van der Waals surface area (Å²) in [5.41, 5.74) is 2.00. The minimum absolute atomic E-state index is 0.977. The van der Waals surface area contributed by atoms with Gasteiger partial charge >= 0.3 is 0 Å². The maximum Gasteiger partial charge on any atom is 0.0797 e. The minimum atomic E-state index is 0.977.